The van der Waals surface area contributed by atoms with Gasteiger partial charge in [0.2, 0.25) is 0 Å². The number of carbonyl (C=O) groups is 1. The first-order chi connectivity index (χ1) is 12.8. The van der Waals surface area contributed by atoms with Crippen LogP contribution in [0.3, 0.4) is 0 Å². The summed E-state index contributed by atoms with van der Waals surface area (Å²) in [7, 11) is 3.99. The molecule has 144 valence electrons. The third-order valence-corrected chi connectivity index (χ3v) is 4.90. The van der Waals surface area contributed by atoms with Crippen LogP contribution in [0.4, 0.5) is 11.5 Å². The van der Waals surface area contributed by atoms with E-state index in [9.17, 15) is 4.79 Å². The fourth-order valence-corrected chi connectivity index (χ4v) is 3.22. The van der Waals surface area contributed by atoms with Crippen molar-refractivity contribution in [1.82, 2.24) is 14.9 Å². The number of carbonyl (C=O) groups excluding carboxylic acids is 1. The Bertz CT molecular complexity index is 793. The van der Waals surface area contributed by atoms with E-state index in [-0.39, 0.29) is 5.91 Å². The summed E-state index contributed by atoms with van der Waals surface area (Å²) in [6.07, 6.45) is 0. The normalized spacial score (nSPS) is 14.6. The van der Waals surface area contributed by atoms with Gasteiger partial charge < -0.3 is 14.7 Å². The molecule has 0 spiro atoms. The van der Waals surface area contributed by atoms with Crippen molar-refractivity contribution >= 4 is 17.4 Å². The van der Waals surface area contributed by atoms with Crippen LogP contribution in [0.25, 0.3) is 0 Å². The molecule has 1 aliphatic rings. The average Bonchev–Trinajstić information content (AvgIpc) is 2.67. The van der Waals surface area contributed by atoms with Crippen LogP contribution in [-0.4, -0.2) is 61.0 Å². The molecule has 0 N–H and O–H groups in total. The number of piperazine rings is 1. The Kier molecular flexibility index (Phi) is 5.63. The van der Waals surface area contributed by atoms with Crippen LogP contribution < -0.4 is 9.80 Å². The summed E-state index contributed by atoms with van der Waals surface area (Å²) in [6, 6.07) is 9.82. The van der Waals surface area contributed by atoms with Gasteiger partial charge in [-0.15, -0.1) is 0 Å². The fraction of sp³-hybridized carbons (Fsp3) is 0.476. The molecule has 1 amide bonds. The van der Waals surface area contributed by atoms with E-state index in [0.29, 0.717) is 19.0 Å². The van der Waals surface area contributed by atoms with Crippen LogP contribution in [0.5, 0.6) is 0 Å². The number of aryl methyl sites for hydroxylation is 1. The lowest BCUT2D eigenvalue weighted by atomic mass is 10.1. The van der Waals surface area contributed by atoms with Crippen LogP contribution in [-0.2, 0) is 0 Å². The number of rotatable bonds is 4. The maximum Gasteiger partial charge on any atom is 0.253 e. The van der Waals surface area contributed by atoms with E-state index in [4.69, 9.17) is 4.98 Å². The molecule has 0 radical (unpaired) electrons. The van der Waals surface area contributed by atoms with Crippen molar-refractivity contribution in [3.63, 3.8) is 0 Å². The van der Waals surface area contributed by atoms with Gasteiger partial charge in [0.1, 0.15) is 11.6 Å². The first-order valence-electron chi connectivity index (χ1n) is 9.52. The van der Waals surface area contributed by atoms with Gasteiger partial charge in [0.15, 0.2) is 0 Å². The molecule has 2 heterocycles. The summed E-state index contributed by atoms with van der Waals surface area (Å²) in [4.78, 5) is 28.2. The first kappa shape index (κ1) is 19.1. The van der Waals surface area contributed by atoms with Gasteiger partial charge in [0, 0.05) is 69.2 Å². The van der Waals surface area contributed by atoms with Crippen molar-refractivity contribution in [2.75, 3.05) is 50.1 Å². The Labute approximate surface area is 161 Å². The smallest absolute Gasteiger partial charge is 0.253 e. The van der Waals surface area contributed by atoms with Gasteiger partial charge in [0.25, 0.3) is 5.91 Å². The van der Waals surface area contributed by atoms with Gasteiger partial charge in [-0.05, 0) is 31.2 Å². The first-order valence-corrected chi connectivity index (χ1v) is 9.52. The highest BCUT2D eigenvalue weighted by Gasteiger charge is 2.23. The van der Waals surface area contributed by atoms with Crippen LogP contribution in [0, 0.1) is 6.92 Å². The van der Waals surface area contributed by atoms with Crippen molar-refractivity contribution in [1.29, 1.82) is 0 Å². The summed E-state index contributed by atoms with van der Waals surface area (Å²) in [5.41, 5.74) is 2.83. The largest absolute Gasteiger partial charge is 0.378 e. The molecule has 2 aromatic rings. The summed E-state index contributed by atoms with van der Waals surface area (Å²) < 4.78 is 0. The van der Waals surface area contributed by atoms with Gasteiger partial charge in [-0.2, -0.15) is 0 Å². The highest BCUT2D eigenvalue weighted by Crippen LogP contribution is 2.20. The van der Waals surface area contributed by atoms with Crippen molar-refractivity contribution in [2.45, 2.75) is 26.7 Å². The molecule has 6 heteroatoms. The molecule has 0 atom stereocenters. The molecular weight excluding hydrogens is 338 g/mol. The quantitative estimate of drug-likeness (QED) is 0.832. The van der Waals surface area contributed by atoms with Crippen LogP contribution in [0.15, 0.2) is 30.3 Å². The molecule has 6 nitrogen and oxygen atoms in total. The third kappa shape index (κ3) is 4.38. The summed E-state index contributed by atoms with van der Waals surface area (Å²) >= 11 is 0. The highest BCUT2D eigenvalue weighted by molar-refractivity contribution is 5.94. The number of hydrogen-bond acceptors (Lipinski definition) is 5. The Morgan fingerprint density at radius 1 is 1.04 bits per heavy atom. The second kappa shape index (κ2) is 7.94. The Morgan fingerprint density at radius 3 is 2.22 bits per heavy atom. The van der Waals surface area contributed by atoms with E-state index in [0.717, 1.165) is 41.7 Å². The van der Waals surface area contributed by atoms with Crippen LogP contribution in [0.1, 0.15) is 41.6 Å². The number of amides is 1. The van der Waals surface area contributed by atoms with Gasteiger partial charge in [-0.25, -0.2) is 9.97 Å². The van der Waals surface area contributed by atoms with E-state index >= 15 is 0 Å². The topological polar surface area (TPSA) is 52.6 Å². The van der Waals surface area contributed by atoms with Crippen molar-refractivity contribution in [3.8, 4) is 0 Å². The molecular formula is C21H29N5O. The minimum atomic E-state index is 0.0988. The van der Waals surface area contributed by atoms with Crippen molar-refractivity contribution in [3.05, 3.63) is 47.4 Å². The maximum atomic E-state index is 12.8. The fourth-order valence-electron chi connectivity index (χ4n) is 3.22. The van der Waals surface area contributed by atoms with E-state index < -0.39 is 0 Å². The molecule has 0 bridgehead atoms. The lowest BCUT2D eigenvalue weighted by Crippen LogP contribution is -2.49. The molecule has 0 unspecified atom stereocenters. The van der Waals surface area contributed by atoms with Crippen molar-refractivity contribution in [2.24, 2.45) is 0 Å². The van der Waals surface area contributed by atoms with Crippen LogP contribution in [0.2, 0.25) is 0 Å². The zero-order valence-electron chi connectivity index (χ0n) is 16.9. The standard InChI is InChI=1S/C21H29N5O/c1-15(2)20-22-16(3)14-19(23-20)25-10-12-26(13-11-25)21(27)17-6-8-18(9-7-17)24(4)5/h6-9,14-15H,10-13H2,1-5H3. The maximum absolute atomic E-state index is 12.8. The SMILES string of the molecule is Cc1cc(N2CCN(C(=O)c3ccc(N(C)C)cc3)CC2)nc(C(C)C)n1. The zero-order chi connectivity index (χ0) is 19.6. The van der Waals surface area contributed by atoms with E-state index in [1.807, 2.05) is 61.2 Å². The predicted molar refractivity (Wildman–Crippen MR) is 110 cm³/mol. The minimum absolute atomic E-state index is 0.0988. The summed E-state index contributed by atoms with van der Waals surface area (Å²) in [6.45, 7) is 9.20. The zero-order valence-corrected chi connectivity index (χ0v) is 16.9. The monoisotopic (exact) mass is 367 g/mol. The van der Waals surface area contributed by atoms with Gasteiger partial charge >= 0.3 is 0 Å². The number of benzene rings is 1. The molecule has 1 aromatic heterocycles. The number of nitrogens with zero attached hydrogens (tertiary/aromatic N) is 5. The van der Waals surface area contributed by atoms with Crippen LogP contribution >= 0.6 is 0 Å². The van der Waals surface area contributed by atoms with Gasteiger partial charge in [-0.3, -0.25) is 4.79 Å². The lowest BCUT2D eigenvalue weighted by Gasteiger charge is -2.35. The Balaban J connectivity index is 1.65. The minimum Gasteiger partial charge on any atom is -0.378 e. The third-order valence-electron chi connectivity index (χ3n) is 4.90. The number of anilines is 2. The second-order valence-electron chi connectivity index (χ2n) is 7.60. The Morgan fingerprint density at radius 2 is 1.67 bits per heavy atom. The van der Waals surface area contributed by atoms with Crippen molar-refractivity contribution < 1.29 is 4.79 Å². The molecule has 1 fully saturated rings. The molecule has 1 aromatic carbocycles. The average molecular weight is 367 g/mol. The molecule has 3 rings (SSSR count). The van der Waals surface area contributed by atoms with Gasteiger partial charge in [0.05, 0.1) is 0 Å². The molecule has 0 aliphatic carbocycles. The predicted octanol–water partition coefficient (Wildman–Crippen LogP) is 2.94. The van der Waals surface area contributed by atoms with E-state index in [1.54, 1.807) is 0 Å². The summed E-state index contributed by atoms with van der Waals surface area (Å²) in [5, 5.41) is 0. The number of hydrogen-bond donors (Lipinski definition) is 0. The Hall–Kier alpha value is -2.63. The highest BCUT2D eigenvalue weighted by atomic mass is 16.2. The molecule has 1 saturated heterocycles. The molecule has 1 aliphatic heterocycles. The van der Waals surface area contributed by atoms with Gasteiger partial charge in [-0.1, -0.05) is 13.8 Å². The number of aromatic nitrogens is 2. The van der Waals surface area contributed by atoms with E-state index in [2.05, 4.69) is 23.7 Å². The second-order valence-corrected chi connectivity index (χ2v) is 7.60. The van der Waals surface area contributed by atoms with E-state index in [1.165, 1.54) is 0 Å². The molecule has 0 saturated carbocycles. The lowest BCUT2D eigenvalue weighted by molar-refractivity contribution is 0.0746. The molecule has 27 heavy (non-hydrogen) atoms. The summed E-state index contributed by atoms with van der Waals surface area (Å²) in [5.74, 6) is 2.25.